The Hall–Kier alpha value is -4.99. The fourth-order valence-corrected chi connectivity index (χ4v) is 5.96. The summed E-state index contributed by atoms with van der Waals surface area (Å²) in [6, 6.07) is 30.4. The van der Waals surface area contributed by atoms with E-state index in [2.05, 4.69) is 32.0 Å². The number of carbonyl (C=O) groups excluding carboxylic acids is 2. The standard InChI is InChI=1S/C36H37N5O4/c1-44-36(43)41-34(33(25-11-4-2-5-12-25)26-13-6-3-7-14-26)35(42)40-29-15-9-8-10-24(29)16-17-28-22-38-32(23-45-28)31-20-27-21-37-19-18-30(27)39-31/h2-15,18-21,28,32-34,38-39H,16-17,22-23H2,1H3,(H,40,42)(H,41,43)/t28-,32+,34+/m1/s1. The second-order valence-corrected chi connectivity index (χ2v) is 11.2. The first-order chi connectivity index (χ1) is 22.1. The third-order valence-electron chi connectivity index (χ3n) is 8.31. The second-order valence-electron chi connectivity index (χ2n) is 11.2. The number of aryl methyl sites for hydroxylation is 1. The molecule has 3 atom stereocenters. The van der Waals surface area contributed by atoms with E-state index in [1.807, 2.05) is 97.2 Å². The molecule has 45 heavy (non-hydrogen) atoms. The van der Waals surface area contributed by atoms with Gasteiger partial charge < -0.3 is 30.4 Å². The summed E-state index contributed by atoms with van der Waals surface area (Å²) in [6.07, 6.45) is 4.49. The number of aromatic nitrogens is 2. The summed E-state index contributed by atoms with van der Waals surface area (Å²) in [6.45, 7) is 1.28. The number of nitrogens with zero attached hydrogens (tertiary/aromatic N) is 1. The first-order valence-corrected chi connectivity index (χ1v) is 15.2. The molecule has 0 radical (unpaired) electrons. The van der Waals surface area contributed by atoms with Crippen LogP contribution in [-0.2, 0) is 20.7 Å². The van der Waals surface area contributed by atoms with Gasteiger partial charge in [0.25, 0.3) is 0 Å². The van der Waals surface area contributed by atoms with Crippen LogP contribution in [0.15, 0.2) is 109 Å². The zero-order chi connectivity index (χ0) is 31.0. The van der Waals surface area contributed by atoms with E-state index in [-0.39, 0.29) is 18.1 Å². The highest BCUT2D eigenvalue weighted by molar-refractivity contribution is 5.98. The van der Waals surface area contributed by atoms with E-state index in [0.717, 1.165) is 39.7 Å². The van der Waals surface area contributed by atoms with Crippen LogP contribution < -0.4 is 16.0 Å². The number of nitrogens with one attached hydrogen (secondary N) is 4. The fourth-order valence-electron chi connectivity index (χ4n) is 5.96. The molecule has 3 heterocycles. The summed E-state index contributed by atoms with van der Waals surface area (Å²) in [4.78, 5) is 34.2. The van der Waals surface area contributed by atoms with Crippen LogP contribution in [0.2, 0.25) is 0 Å². The molecule has 4 N–H and O–H groups in total. The van der Waals surface area contributed by atoms with E-state index in [1.165, 1.54) is 7.11 Å². The molecule has 6 rings (SSSR count). The Labute approximate surface area is 262 Å². The van der Waals surface area contributed by atoms with Crippen LogP contribution in [0.25, 0.3) is 10.9 Å². The van der Waals surface area contributed by atoms with Crippen molar-refractivity contribution >= 4 is 28.6 Å². The molecule has 5 aromatic rings. The zero-order valence-electron chi connectivity index (χ0n) is 25.1. The number of alkyl carbamates (subject to hydrolysis) is 1. The molecule has 3 aromatic carbocycles. The van der Waals surface area contributed by atoms with Crippen molar-refractivity contribution in [3.63, 3.8) is 0 Å². The predicted molar refractivity (Wildman–Crippen MR) is 174 cm³/mol. The SMILES string of the molecule is COC(=O)N[C@H](C(=O)Nc1ccccc1CC[C@@H]1CN[C@H](c2cc3cnccc3[nH]2)CO1)C(c1ccccc1)c1ccccc1. The number of hydrogen-bond donors (Lipinski definition) is 4. The molecule has 0 unspecified atom stereocenters. The first-order valence-electron chi connectivity index (χ1n) is 15.2. The Kier molecular flexibility index (Phi) is 9.48. The third kappa shape index (κ3) is 7.22. The molecule has 1 fully saturated rings. The average Bonchev–Trinajstić information content (AvgIpc) is 3.53. The van der Waals surface area contributed by atoms with Gasteiger partial charge in [-0.15, -0.1) is 0 Å². The Morgan fingerprint density at radius 2 is 1.69 bits per heavy atom. The first kappa shape index (κ1) is 30.1. The minimum Gasteiger partial charge on any atom is -0.453 e. The number of hydrogen-bond acceptors (Lipinski definition) is 6. The van der Waals surface area contributed by atoms with Crippen LogP contribution in [0, 0.1) is 0 Å². The van der Waals surface area contributed by atoms with E-state index in [1.54, 1.807) is 6.20 Å². The number of pyridine rings is 1. The number of aromatic amines is 1. The van der Waals surface area contributed by atoms with Crippen LogP contribution in [0.3, 0.4) is 0 Å². The van der Waals surface area contributed by atoms with Gasteiger partial charge >= 0.3 is 6.09 Å². The number of benzene rings is 3. The molecule has 0 saturated carbocycles. The Morgan fingerprint density at radius 1 is 0.978 bits per heavy atom. The number of H-pyrrole nitrogens is 1. The number of methoxy groups -OCH3 is 1. The van der Waals surface area contributed by atoms with Crippen molar-refractivity contribution in [3.8, 4) is 0 Å². The average molecular weight is 604 g/mol. The van der Waals surface area contributed by atoms with Crippen molar-refractivity contribution in [2.75, 3.05) is 25.6 Å². The van der Waals surface area contributed by atoms with Crippen molar-refractivity contribution in [1.82, 2.24) is 20.6 Å². The van der Waals surface area contributed by atoms with Crippen molar-refractivity contribution in [1.29, 1.82) is 0 Å². The molecule has 2 amide bonds. The molecular weight excluding hydrogens is 566 g/mol. The Bertz CT molecular complexity index is 1650. The van der Waals surface area contributed by atoms with Crippen molar-refractivity contribution in [2.45, 2.75) is 36.9 Å². The number of amides is 2. The Balaban J connectivity index is 1.14. The summed E-state index contributed by atoms with van der Waals surface area (Å²) in [7, 11) is 1.29. The highest BCUT2D eigenvalue weighted by atomic mass is 16.5. The van der Waals surface area contributed by atoms with Gasteiger partial charge in [-0.3, -0.25) is 9.78 Å². The number of morpholine rings is 1. The van der Waals surface area contributed by atoms with Gasteiger partial charge in [0.1, 0.15) is 6.04 Å². The molecule has 230 valence electrons. The molecule has 0 bridgehead atoms. The summed E-state index contributed by atoms with van der Waals surface area (Å²) in [5.74, 6) is -0.778. The minimum atomic E-state index is -0.932. The highest BCUT2D eigenvalue weighted by Gasteiger charge is 2.33. The van der Waals surface area contributed by atoms with Crippen LogP contribution in [0.5, 0.6) is 0 Å². The summed E-state index contributed by atoms with van der Waals surface area (Å²) >= 11 is 0. The number of ether oxygens (including phenoxy) is 2. The maximum absolute atomic E-state index is 14.0. The monoisotopic (exact) mass is 603 g/mol. The second kappa shape index (κ2) is 14.2. The maximum Gasteiger partial charge on any atom is 0.407 e. The third-order valence-corrected chi connectivity index (χ3v) is 8.31. The van der Waals surface area contributed by atoms with Crippen LogP contribution in [0.4, 0.5) is 10.5 Å². The summed E-state index contributed by atoms with van der Waals surface area (Å²) in [5, 5.41) is 10.6. The minimum absolute atomic E-state index is 0.0327. The molecule has 1 saturated heterocycles. The molecule has 9 nitrogen and oxygen atoms in total. The molecular formula is C36H37N5O4. The number of para-hydroxylation sites is 1. The molecule has 0 spiro atoms. The fraction of sp³-hybridized carbons (Fsp3) is 0.250. The lowest BCUT2D eigenvalue weighted by atomic mass is 9.84. The van der Waals surface area contributed by atoms with Crippen molar-refractivity contribution in [2.24, 2.45) is 0 Å². The van der Waals surface area contributed by atoms with Gasteiger partial charge in [-0.2, -0.15) is 0 Å². The smallest absolute Gasteiger partial charge is 0.407 e. The van der Waals surface area contributed by atoms with E-state index in [0.29, 0.717) is 25.3 Å². The summed E-state index contributed by atoms with van der Waals surface area (Å²) in [5.41, 5.74) is 5.64. The summed E-state index contributed by atoms with van der Waals surface area (Å²) < 4.78 is 11.2. The van der Waals surface area contributed by atoms with Gasteiger partial charge in [0, 0.05) is 47.1 Å². The van der Waals surface area contributed by atoms with Gasteiger partial charge in [-0.05, 0) is 47.7 Å². The van der Waals surface area contributed by atoms with E-state index < -0.39 is 18.1 Å². The van der Waals surface area contributed by atoms with Crippen LogP contribution >= 0.6 is 0 Å². The van der Waals surface area contributed by atoms with Gasteiger partial charge in [0.15, 0.2) is 0 Å². The molecule has 1 aliphatic heterocycles. The topological polar surface area (TPSA) is 117 Å². The van der Waals surface area contributed by atoms with E-state index >= 15 is 0 Å². The lowest BCUT2D eigenvalue weighted by Crippen LogP contribution is -2.48. The maximum atomic E-state index is 14.0. The van der Waals surface area contributed by atoms with Gasteiger partial charge in [0.05, 0.1) is 25.9 Å². The normalized spacial score (nSPS) is 17.1. The van der Waals surface area contributed by atoms with Crippen LogP contribution in [-0.4, -0.2) is 54.4 Å². The van der Waals surface area contributed by atoms with Crippen molar-refractivity contribution in [3.05, 3.63) is 132 Å². The number of rotatable bonds is 10. The molecule has 1 aliphatic rings. The van der Waals surface area contributed by atoms with Gasteiger partial charge in [-0.1, -0.05) is 78.9 Å². The molecule has 2 aromatic heterocycles. The quantitative estimate of drug-likeness (QED) is 0.162. The molecule has 9 heteroatoms. The van der Waals surface area contributed by atoms with Gasteiger partial charge in [0.2, 0.25) is 5.91 Å². The lowest BCUT2D eigenvalue weighted by Gasteiger charge is -2.30. The van der Waals surface area contributed by atoms with Crippen molar-refractivity contribution < 1.29 is 19.1 Å². The number of carbonyl (C=O) groups is 2. The molecule has 0 aliphatic carbocycles. The van der Waals surface area contributed by atoms with E-state index in [9.17, 15) is 9.59 Å². The Morgan fingerprint density at radius 3 is 2.36 bits per heavy atom. The van der Waals surface area contributed by atoms with E-state index in [4.69, 9.17) is 9.47 Å². The number of fused-ring (bicyclic) bond motifs is 1. The van der Waals surface area contributed by atoms with Gasteiger partial charge in [-0.25, -0.2) is 4.79 Å². The number of anilines is 1. The zero-order valence-corrected chi connectivity index (χ0v) is 25.1. The largest absolute Gasteiger partial charge is 0.453 e. The lowest BCUT2D eigenvalue weighted by molar-refractivity contribution is -0.118. The highest BCUT2D eigenvalue weighted by Crippen LogP contribution is 2.30. The predicted octanol–water partition coefficient (Wildman–Crippen LogP) is 5.72. The van der Waals surface area contributed by atoms with Crippen LogP contribution in [0.1, 0.15) is 40.8 Å².